The second-order valence-corrected chi connectivity index (χ2v) is 5.66. The maximum Gasteiger partial charge on any atom is 0.161 e. The quantitative estimate of drug-likeness (QED) is 0.923. The van der Waals surface area contributed by atoms with E-state index in [1.54, 1.807) is 26.0 Å². The highest BCUT2D eigenvalue weighted by atomic mass is 32.2. The fourth-order valence-corrected chi connectivity index (χ4v) is 2.92. The first kappa shape index (κ1) is 14.1. The van der Waals surface area contributed by atoms with E-state index in [-0.39, 0.29) is 0 Å². The largest absolute Gasteiger partial charge is 0.497 e. The molecule has 0 saturated carbocycles. The summed E-state index contributed by atoms with van der Waals surface area (Å²) in [6.45, 7) is 4.37. The summed E-state index contributed by atoms with van der Waals surface area (Å²) in [5, 5.41) is 4.28. The molecule has 0 saturated heterocycles. The van der Waals surface area contributed by atoms with Gasteiger partial charge in [0.1, 0.15) is 11.5 Å². The van der Waals surface area contributed by atoms with Gasteiger partial charge in [-0.15, -0.1) is 0 Å². The van der Waals surface area contributed by atoms with Crippen LogP contribution in [-0.2, 0) is 0 Å². The molecular formula is C14H20N2O2S. The number of hydrogen-bond donors (Lipinski definition) is 1. The van der Waals surface area contributed by atoms with Gasteiger partial charge < -0.3 is 14.8 Å². The smallest absolute Gasteiger partial charge is 0.161 e. The fraction of sp³-hybridized carbons (Fsp3) is 0.500. The summed E-state index contributed by atoms with van der Waals surface area (Å²) in [6.07, 6.45) is 0. The van der Waals surface area contributed by atoms with Gasteiger partial charge in [0, 0.05) is 11.8 Å². The van der Waals surface area contributed by atoms with Crippen molar-refractivity contribution in [3.05, 3.63) is 18.2 Å². The molecule has 1 heterocycles. The maximum atomic E-state index is 5.35. The molecule has 0 aromatic heterocycles. The molecular weight excluding hydrogens is 260 g/mol. The van der Waals surface area contributed by atoms with Crippen LogP contribution in [0.2, 0.25) is 0 Å². The zero-order chi connectivity index (χ0) is 13.8. The molecule has 2 atom stereocenters. The first-order valence-electron chi connectivity index (χ1n) is 6.33. The van der Waals surface area contributed by atoms with Crippen LogP contribution in [0.4, 0.5) is 5.69 Å². The van der Waals surface area contributed by atoms with Crippen molar-refractivity contribution in [3.63, 3.8) is 0 Å². The highest BCUT2D eigenvalue weighted by Crippen LogP contribution is 2.31. The molecule has 5 heteroatoms. The van der Waals surface area contributed by atoms with Crippen molar-refractivity contribution in [1.82, 2.24) is 0 Å². The number of ether oxygens (including phenoxy) is 2. The average molecular weight is 280 g/mol. The molecule has 0 spiro atoms. The highest BCUT2D eigenvalue weighted by Gasteiger charge is 2.20. The number of hydrogen-bond acceptors (Lipinski definition) is 5. The Kier molecular flexibility index (Phi) is 4.58. The molecule has 19 heavy (non-hydrogen) atoms. The number of nitrogens with zero attached hydrogens (tertiary/aromatic N) is 1. The maximum absolute atomic E-state index is 5.35. The van der Waals surface area contributed by atoms with Gasteiger partial charge in [0.2, 0.25) is 0 Å². The van der Waals surface area contributed by atoms with E-state index in [2.05, 4.69) is 24.2 Å². The monoisotopic (exact) mass is 280 g/mol. The van der Waals surface area contributed by atoms with Crippen LogP contribution in [0, 0.1) is 5.92 Å². The van der Waals surface area contributed by atoms with Gasteiger partial charge in [0.05, 0.1) is 25.9 Å². The van der Waals surface area contributed by atoms with Crippen LogP contribution in [0.25, 0.3) is 0 Å². The number of methoxy groups -OCH3 is 2. The molecule has 0 aliphatic carbocycles. The van der Waals surface area contributed by atoms with E-state index < -0.39 is 0 Å². The van der Waals surface area contributed by atoms with Gasteiger partial charge in [-0.25, -0.2) is 0 Å². The van der Waals surface area contributed by atoms with Crippen molar-refractivity contribution in [2.45, 2.75) is 19.9 Å². The number of anilines is 1. The summed E-state index contributed by atoms with van der Waals surface area (Å²) < 4.78 is 10.6. The van der Waals surface area contributed by atoms with Crippen LogP contribution < -0.4 is 14.8 Å². The lowest BCUT2D eigenvalue weighted by atomic mass is 10.1. The van der Waals surface area contributed by atoms with Gasteiger partial charge in [-0.05, 0) is 25.0 Å². The van der Waals surface area contributed by atoms with Crippen LogP contribution in [0.5, 0.6) is 11.5 Å². The predicted octanol–water partition coefficient (Wildman–Crippen LogP) is 3.24. The molecule has 4 nitrogen and oxygen atoms in total. The highest BCUT2D eigenvalue weighted by molar-refractivity contribution is 8.14. The summed E-state index contributed by atoms with van der Waals surface area (Å²) >= 11 is 1.75. The van der Waals surface area contributed by atoms with Crippen molar-refractivity contribution in [1.29, 1.82) is 0 Å². The Morgan fingerprint density at radius 2 is 2.05 bits per heavy atom. The Hall–Kier alpha value is -1.36. The number of amidine groups is 1. The number of benzene rings is 1. The number of nitrogens with one attached hydrogen (secondary N) is 1. The van der Waals surface area contributed by atoms with Crippen molar-refractivity contribution in [2.24, 2.45) is 10.9 Å². The third-order valence-electron chi connectivity index (χ3n) is 3.28. The predicted molar refractivity (Wildman–Crippen MR) is 81.7 cm³/mol. The fourth-order valence-electron chi connectivity index (χ4n) is 1.79. The van der Waals surface area contributed by atoms with Gasteiger partial charge >= 0.3 is 0 Å². The van der Waals surface area contributed by atoms with Crippen molar-refractivity contribution in [3.8, 4) is 11.5 Å². The first-order chi connectivity index (χ1) is 9.13. The number of rotatable bonds is 3. The Labute approximate surface area is 118 Å². The molecule has 1 aliphatic heterocycles. The van der Waals surface area contributed by atoms with Crippen LogP contribution in [-0.4, -0.2) is 31.2 Å². The van der Waals surface area contributed by atoms with Crippen molar-refractivity contribution in [2.75, 3.05) is 25.3 Å². The third-order valence-corrected chi connectivity index (χ3v) is 4.45. The SMILES string of the molecule is COc1ccc(OC)c(NC2=NC(C)C(C)CS2)c1. The molecule has 1 aliphatic rings. The zero-order valence-corrected chi connectivity index (χ0v) is 12.6. The molecule has 2 rings (SSSR count). The zero-order valence-electron chi connectivity index (χ0n) is 11.8. The lowest BCUT2D eigenvalue weighted by Crippen LogP contribution is -2.25. The molecule has 0 bridgehead atoms. The molecule has 0 radical (unpaired) electrons. The lowest BCUT2D eigenvalue weighted by molar-refractivity contribution is 0.405. The Morgan fingerprint density at radius 1 is 1.26 bits per heavy atom. The molecule has 1 N–H and O–H groups in total. The van der Waals surface area contributed by atoms with E-state index in [4.69, 9.17) is 9.47 Å². The van der Waals surface area contributed by atoms with Crippen LogP contribution in [0.1, 0.15) is 13.8 Å². The summed E-state index contributed by atoms with van der Waals surface area (Å²) in [7, 11) is 3.32. The Bertz CT molecular complexity index is 477. The summed E-state index contributed by atoms with van der Waals surface area (Å²) in [5.41, 5.74) is 0.884. The molecule has 0 amide bonds. The first-order valence-corrected chi connectivity index (χ1v) is 7.32. The van der Waals surface area contributed by atoms with E-state index in [0.29, 0.717) is 12.0 Å². The molecule has 2 unspecified atom stereocenters. The average Bonchev–Trinajstić information content (AvgIpc) is 2.43. The van der Waals surface area contributed by atoms with E-state index >= 15 is 0 Å². The second-order valence-electron chi connectivity index (χ2n) is 4.65. The number of aliphatic imine (C=N–C) groups is 1. The van der Waals surface area contributed by atoms with Gasteiger partial charge in [-0.2, -0.15) is 0 Å². The third kappa shape index (κ3) is 3.35. The number of thioether (sulfide) groups is 1. The van der Waals surface area contributed by atoms with E-state index in [9.17, 15) is 0 Å². The van der Waals surface area contributed by atoms with Crippen molar-refractivity contribution < 1.29 is 9.47 Å². The Balaban J connectivity index is 2.20. The minimum absolute atomic E-state index is 0.348. The van der Waals surface area contributed by atoms with Gasteiger partial charge in [0.15, 0.2) is 5.17 Å². The minimum atomic E-state index is 0.348. The molecule has 1 aromatic rings. The van der Waals surface area contributed by atoms with Crippen LogP contribution in [0.3, 0.4) is 0 Å². The standard InChI is InChI=1S/C14H20N2O2S/c1-9-8-19-14(15-10(9)2)16-12-7-11(17-3)5-6-13(12)18-4/h5-7,9-10H,8H2,1-4H3,(H,15,16). The van der Waals surface area contributed by atoms with E-state index in [0.717, 1.165) is 28.1 Å². The lowest BCUT2D eigenvalue weighted by Gasteiger charge is -2.24. The minimum Gasteiger partial charge on any atom is -0.497 e. The van der Waals surface area contributed by atoms with Gasteiger partial charge in [-0.3, -0.25) is 4.99 Å². The normalized spacial score (nSPS) is 22.6. The summed E-state index contributed by atoms with van der Waals surface area (Å²) in [6, 6.07) is 6.04. The molecule has 104 valence electrons. The molecule has 1 aromatic carbocycles. The van der Waals surface area contributed by atoms with Gasteiger partial charge in [0.25, 0.3) is 0 Å². The summed E-state index contributed by atoms with van der Waals surface area (Å²) in [5.74, 6) is 3.28. The topological polar surface area (TPSA) is 42.9 Å². The van der Waals surface area contributed by atoms with Crippen LogP contribution >= 0.6 is 11.8 Å². The second kappa shape index (κ2) is 6.19. The van der Waals surface area contributed by atoms with Crippen molar-refractivity contribution >= 4 is 22.6 Å². The van der Waals surface area contributed by atoms with Gasteiger partial charge in [-0.1, -0.05) is 18.7 Å². The Morgan fingerprint density at radius 3 is 2.68 bits per heavy atom. The molecule has 0 fully saturated rings. The van der Waals surface area contributed by atoms with Crippen LogP contribution in [0.15, 0.2) is 23.2 Å². The summed E-state index contributed by atoms with van der Waals surface area (Å²) in [4.78, 5) is 4.66. The van der Waals surface area contributed by atoms with E-state index in [1.165, 1.54) is 0 Å². The van der Waals surface area contributed by atoms with E-state index in [1.807, 2.05) is 18.2 Å².